The number of hydrogen-bond acceptors (Lipinski definition) is 5. The van der Waals surface area contributed by atoms with Crippen molar-refractivity contribution < 1.29 is 14.3 Å². The van der Waals surface area contributed by atoms with Gasteiger partial charge in [-0.3, -0.25) is 14.7 Å². The van der Waals surface area contributed by atoms with Crippen LogP contribution in [-0.4, -0.2) is 21.5 Å². The molecule has 2 aliphatic rings. The van der Waals surface area contributed by atoms with Crippen LogP contribution in [0.25, 0.3) is 5.69 Å². The van der Waals surface area contributed by atoms with Crippen molar-refractivity contribution in [2.75, 3.05) is 5.32 Å². The van der Waals surface area contributed by atoms with E-state index in [4.69, 9.17) is 4.74 Å². The zero-order valence-electron chi connectivity index (χ0n) is 21.2. The smallest absolute Gasteiger partial charge is 0.343 e. The molecule has 0 saturated heterocycles. The molecule has 3 aromatic carbocycles. The summed E-state index contributed by atoms with van der Waals surface area (Å²) in [5, 5.41) is 6.61. The summed E-state index contributed by atoms with van der Waals surface area (Å²) in [4.78, 5) is 39.8. The average Bonchev–Trinajstić information content (AvgIpc) is 3.24. The lowest BCUT2D eigenvalue weighted by Gasteiger charge is -2.37. The molecule has 0 saturated carbocycles. The van der Waals surface area contributed by atoms with E-state index in [9.17, 15) is 14.4 Å². The average molecular weight is 506 g/mol. The summed E-state index contributed by atoms with van der Waals surface area (Å²) in [6.07, 6.45) is 1.10. The number of nitrogens with one attached hydrogen (secondary N) is 2. The molecule has 38 heavy (non-hydrogen) atoms. The number of aromatic amines is 1. The van der Waals surface area contributed by atoms with Crippen LogP contribution in [0.3, 0.4) is 0 Å². The minimum atomic E-state index is -0.544. The number of ether oxygens (including phenoxy) is 1. The Morgan fingerprint density at radius 2 is 1.55 bits per heavy atom. The molecule has 1 aliphatic carbocycles. The molecule has 190 valence electrons. The monoisotopic (exact) mass is 505 g/mol. The van der Waals surface area contributed by atoms with Crippen molar-refractivity contribution in [1.82, 2.24) is 9.78 Å². The number of nitrogens with zero attached hydrogens (tertiary/aromatic N) is 1. The molecule has 2 N–H and O–H groups in total. The van der Waals surface area contributed by atoms with Crippen molar-refractivity contribution in [2.45, 2.75) is 32.6 Å². The maximum Gasteiger partial charge on any atom is 0.343 e. The Bertz CT molecular complexity index is 1630. The fourth-order valence-electron chi connectivity index (χ4n) is 5.45. The van der Waals surface area contributed by atoms with E-state index in [1.54, 1.807) is 36.4 Å². The van der Waals surface area contributed by atoms with Crippen molar-refractivity contribution in [3.05, 3.63) is 123 Å². The van der Waals surface area contributed by atoms with Crippen LogP contribution >= 0.6 is 0 Å². The third kappa shape index (κ3) is 4.16. The van der Waals surface area contributed by atoms with Gasteiger partial charge in [0.05, 0.1) is 16.8 Å². The van der Waals surface area contributed by atoms with Gasteiger partial charge in [0, 0.05) is 23.6 Å². The van der Waals surface area contributed by atoms with Crippen LogP contribution in [0, 0.1) is 5.41 Å². The highest BCUT2D eigenvalue weighted by Gasteiger charge is 2.43. The number of carbonyl (C=O) groups is 2. The number of Topliss-reactive ketones (excluding diaryl/α,β-unsaturated/α-hetero) is 1. The number of para-hydroxylation sites is 1. The van der Waals surface area contributed by atoms with Crippen LogP contribution in [0.1, 0.15) is 54.1 Å². The Morgan fingerprint density at radius 3 is 2.24 bits per heavy atom. The predicted molar refractivity (Wildman–Crippen MR) is 145 cm³/mol. The number of aromatic nitrogens is 2. The van der Waals surface area contributed by atoms with Gasteiger partial charge in [0.25, 0.3) is 5.56 Å². The molecule has 4 aromatic rings. The number of rotatable bonds is 4. The van der Waals surface area contributed by atoms with Crippen LogP contribution in [0.15, 0.2) is 101 Å². The highest BCUT2D eigenvalue weighted by Crippen LogP contribution is 2.48. The second-order valence-electron chi connectivity index (χ2n) is 10.6. The highest BCUT2D eigenvalue weighted by atomic mass is 16.5. The molecule has 0 radical (unpaired) electrons. The summed E-state index contributed by atoms with van der Waals surface area (Å²) in [6.45, 7) is 4.16. The number of esters is 1. The van der Waals surface area contributed by atoms with Crippen LogP contribution in [-0.2, 0) is 4.79 Å². The van der Waals surface area contributed by atoms with Gasteiger partial charge in [-0.1, -0.05) is 62.4 Å². The first kappa shape index (κ1) is 23.7. The number of fused-ring (bicyclic) bond motifs is 1. The third-order valence-corrected chi connectivity index (χ3v) is 7.15. The second-order valence-corrected chi connectivity index (χ2v) is 10.6. The fourth-order valence-corrected chi connectivity index (χ4v) is 5.45. The van der Waals surface area contributed by atoms with E-state index in [-0.39, 0.29) is 16.8 Å². The van der Waals surface area contributed by atoms with Gasteiger partial charge >= 0.3 is 5.97 Å². The minimum Gasteiger partial charge on any atom is -0.423 e. The standard InChI is InChI=1S/C31H27N3O4/c1-31(2)17-23-26(24(35)18-31)25(27-28(32-23)33-34(29(27)36)21-11-7-4-8-12-21)19-13-15-22(16-14-19)38-30(37)20-9-5-3-6-10-20/h3-16,25,32-33H,17-18H2,1-2H3. The van der Waals surface area contributed by atoms with Crippen LogP contribution in [0.2, 0.25) is 0 Å². The largest absolute Gasteiger partial charge is 0.423 e. The first-order valence-electron chi connectivity index (χ1n) is 12.6. The maximum absolute atomic E-state index is 13.8. The lowest BCUT2D eigenvalue weighted by atomic mass is 9.69. The number of hydrogen-bond donors (Lipinski definition) is 2. The van der Waals surface area contributed by atoms with Crippen molar-refractivity contribution in [1.29, 1.82) is 0 Å². The molecular formula is C31H27N3O4. The Morgan fingerprint density at radius 1 is 0.895 bits per heavy atom. The second kappa shape index (κ2) is 9.03. The number of ketones is 1. The zero-order chi connectivity index (χ0) is 26.4. The molecule has 7 nitrogen and oxygen atoms in total. The number of anilines is 1. The van der Waals surface area contributed by atoms with E-state index in [0.717, 1.165) is 11.3 Å². The molecule has 0 fully saturated rings. The van der Waals surface area contributed by atoms with Crippen molar-refractivity contribution >= 4 is 17.6 Å². The predicted octanol–water partition coefficient (Wildman–Crippen LogP) is 5.59. The molecule has 2 heterocycles. The summed E-state index contributed by atoms with van der Waals surface area (Å²) >= 11 is 0. The van der Waals surface area contributed by atoms with Gasteiger partial charge in [0.1, 0.15) is 11.6 Å². The van der Waals surface area contributed by atoms with E-state index in [0.29, 0.717) is 46.8 Å². The lowest BCUT2D eigenvalue weighted by Crippen LogP contribution is -2.35. The summed E-state index contributed by atoms with van der Waals surface area (Å²) in [5.74, 6) is 0.0161. The molecule has 7 heteroatoms. The summed E-state index contributed by atoms with van der Waals surface area (Å²) < 4.78 is 7.06. The number of carbonyl (C=O) groups excluding carboxylic acids is 2. The van der Waals surface area contributed by atoms with Crippen molar-refractivity contribution in [3.63, 3.8) is 0 Å². The van der Waals surface area contributed by atoms with Gasteiger partial charge < -0.3 is 10.1 Å². The van der Waals surface area contributed by atoms with Gasteiger partial charge in [-0.25, -0.2) is 9.48 Å². The Labute approximate surface area is 219 Å². The molecule has 6 rings (SSSR count). The van der Waals surface area contributed by atoms with Crippen molar-refractivity contribution in [2.24, 2.45) is 5.41 Å². The van der Waals surface area contributed by atoms with E-state index < -0.39 is 11.9 Å². The molecule has 0 amide bonds. The van der Waals surface area contributed by atoms with Crippen LogP contribution in [0.4, 0.5) is 5.82 Å². The maximum atomic E-state index is 13.8. The first-order valence-corrected chi connectivity index (χ1v) is 12.6. The molecule has 0 spiro atoms. The number of benzene rings is 3. The Balaban J connectivity index is 1.42. The molecule has 1 atom stereocenters. The van der Waals surface area contributed by atoms with Gasteiger partial charge in [-0.2, -0.15) is 0 Å². The minimum absolute atomic E-state index is 0.0332. The Kier molecular flexibility index (Phi) is 5.64. The van der Waals surface area contributed by atoms with Crippen LogP contribution < -0.4 is 15.6 Å². The molecule has 0 bridgehead atoms. The number of H-pyrrole nitrogens is 1. The van der Waals surface area contributed by atoms with Gasteiger partial charge in [-0.15, -0.1) is 0 Å². The van der Waals surface area contributed by atoms with E-state index in [1.165, 1.54) is 4.68 Å². The molecule has 1 aromatic heterocycles. The number of allylic oxidation sites excluding steroid dienone is 2. The fraction of sp³-hybridized carbons (Fsp3) is 0.194. The van der Waals surface area contributed by atoms with E-state index in [1.807, 2.05) is 48.5 Å². The quantitative estimate of drug-likeness (QED) is 0.279. The van der Waals surface area contributed by atoms with E-state index in [2.05, 4.69) is 24.3 Å². The lowest BCUT2D eigenvalue weighted by molar-refractivity contribution is -0.118. The Hall–Kier alpha value is -4.65. The van der Waals surface area contributed by atoms with E-state index >= 15 is 0 Å². The molecule has 1 aliphatic heterocycles. The summed E-state index contributed by atoms with van der Waals surface area (Å²) in [5.41, 5.74) is 3.50. The summed E-state index contributed by atoms with van der Waals surface area (Å²) in [6, 6.07) is 25.2. The normalized spacial score (nSPS) is 17.8. The third-order valence-electron chi connectivity index (χ3n) is 7.15. The summed E-state index contributed by atoms with van der Waals surface area (Å²) in [7, 11) is 0. The van der Waals surface area contributed by atoms with Crippen molar-refractivity contribution in [3.8, 4) is 11.4 Å². The zero-order valence-corrected chi connectivity index (χ0v) is 21.2. The van der Waals surface area contributed by atoms with Crippen LogP contribution in [0.5, 0.6) is 5.75 Å². The SMILES string of the molecule is CC1(C)CC(=O)C2=C(C1)Nc1[nH]n(-c3ccccc3)c(=O)c1C2c1ccc(OC(=O)c2ccccc2)cc1. The highest BCUT2D eigenvalue weighted by molar-refractivity contribution is 6.01. The topological polar surface area (TPSA) is 93.2 Å². The molecule has 1 unspecified atom stereocenters. The van der Waals surface area contributed by atoms with Gasteiger partial charge in [0.2, 0.25) is 0 Å². The van der Waals surface area contributed by atoms with Gasteiger partial charge in [-0.05, 0) is 53.8 Å². The van der Waals surface area contributed by atoms with Gasteiger partial charge in [0.15, 0.2) is 5.78 Å². The molecular weight excluding hydrogens is 478 g/mol. The first-order chi connectivity index (χ1) is 18.3.